The van der Waals surface area contributed by atoms with E-state index in [4.69, 9.17) is 0 Å². The summed E-state index contributed by atoms with van der Waals surface area (Å²) in [6.45, 7) is 8.87. The highest BCUT2D eigenvalue weighted by Crippen LogP contribution is 2.28. The van der Waals surface area contributed by atoms with Gasteiger partial charge < -0.3 is 5.32 Å². The number of rotatable bonds is 5. The minimum atomic E-state index is 0.528. The van der Waals surface area contributed by atoms with Gasteiger partial charge >= 0.3 is 0 Å². The standard InChI is InChI=1S/C15H27N3/c1-4-16-14-7-5-6-8-15-13(14)11-17-18(15)10-9-12(2)3/h11-12,14,16H,4-10H2,1-3H3. The van der Waals surface area contributed by atoms with Crippen LogP contribution in [-0.4, -0.2) is 16.3 Å². The van der Waals surface area contributed by atoms with Crippen LogP contribution >= 0.6 is 0 Å². The lowest BCUT2D eigenvalue weighted by molar-refractivity contribution is 0.473. The summed E-state index contributed by atoms with van der Waals surface area (Å²) in [5.41, 5.74) is 2.94. The largest absolute Gasteiger partial charge is 0.310 e. The molecule has 0 radical (unpaired) electrons. The second kappa shape index (κ2) is 6.37. The summed E-state index contributed by atoms with van der Waals surface area (Å²) < 4.78 is 2.25. The van der Waals surface area contributed by atoms with Crippen LogP contribution in [0.3, 0.4) is 0 Å². The van der Waals surface area contributed by atoms with Crippen molar-refractivity contribution < 1.29 is 0 Å². The lowest BCUT2D eigenvalue weighted by atomic mass is 10.1. The first-order chi connectivity index (χ1) is 8.72. The SMILES string of the molecule is CCNC1CCCCc2c1cnn2CCC(C)C. The Hall–Kier alpha value is -0.830. The van der Waals surface area contributed by atoms with E-state index in [0.717, 1.165) is 19.0 Å². The van der Waals surface area contributed by atoms with Crippen LogP contribution in [0.15, 0.2) is 6.20 Å². The van der Waals surface area contributed by atoms with Gasteiger partial charge in [0.25, 0.3) is 0 Å². The Labute approximate surface area is 111 Å². The molecular formula is C15H27N3. The zero-order valence-electron chi connectivity index (χ0n) is 12.1. The fourth-order valence-corrected chi connectivity index (χ4v) is 2.82. The minimum Gasteiger partial charge on any atom is -0.310 e. The van der Waals surface area contributed by atoms with Crippen molar-refractivity contribution in [1.82, 2.24) is 15.1 Å². The minimum absolute atomic E-state index is 0.528. The van der Waals surface area contributed by atoms with Crippen molar-refractivity contribution in [3.05, 3.63) is 17.5 Å². The summed E-state index contributed by atoms with van der Waals surface area (Å²) in [4.78, 5) is 0. The van der Waals surface area contributed by atoms with E-state index >= 15 is 0 Å². The quantitative estimate of drug-likeness (QED) is 0.811. The van der Waals surface area contributed by atoms with E-state index in [1.165, 1.54) is 43.4 Å². The molecule has 1 atom stereocenters. The Morgan fingerprint density at radius 2 is 2.28 bits per heavy atom. The van der Waals surface area contributed by atoms with E-state index < -0.39 is 0 Å². The van der Waals surface area contributed by atoms with E-state index in [2.05, 4.69) is 42.1 Å². The van der Waals surface area contributed by atoms with Crippen molar-refractivity contribution in [3.8, 4) is 0 Å². The first-order valence-electron chi connectivity index (χ1n) is 7.50. The Morgan fingerprint density at radius 1 is 1.44 bits per heavy atom. The van der Waals surface area contributed by atoms with Crippen molar-refractivity contribution >= 4 is 0 Å². The molecule has 0 fully saturated rings. The molecule has 0 saturated carbocycles. The number of aryl methyl sites for hydroxylation is 1. The molecule has 2 rings (SSSR count). The van der Waals surface area contributed by atoms with Crippen molar-refractivity contribution in [1.29, 1.82) is 0 Å². The Morgan fingerprint density at radius 3 is 3.00 bits per heavy atom. The number of nitrogens with one attached hydrogen (secondary N) is 1. The van der Waals surface area contributed by atoms with E-state index in [-0.39, 0.29) is 0 Å². The number of fused-ring (bicyclic) bond motifs is 1. The third kappa shape index (κ3) is 3.14. The zero-order valence-corrected chi connectivity index (χ0v) is 12.1. The molecule has 0 bridgehead atoms. The molecule has 0 aliphatic heterocycles. The van der Waals surface area contributed by atoms with Gasteiger partial charge in [-0.3, -0.25) is 4.68 Å². The van der Waals surface area contributed by atoms with Crippen LogP contribution in [0, 0.1) is 5.92 Å². The van der Waals surface area contributed by atoms with Crippen molar-refractivity contribution in [3.63, 3.8) is 0 Å². The number of hydrogen-bond donors (Lipinski definition) is 1. The summed E-state index contributed by atoms with van der Waals surface area (Å²) in [7, 11) is 0. The molecule has 0 aromatic carbocycles. The topological polar surface area (TPSA) is 29.9 Å². The Kier molecular flexibility index (Phi) is 4.81. The highest BCUT2D eigenvalue weighted by molar-refractivity contribution is 5.23. The lowest BCUT2D eigenvalue weighted by Gasteiger charge is -2.15. The van der Waals surface area contributed by atoms with E-state index in [0.29, 0.717) is 6.04 Å². The molecule has 0 amide bonds. The van der Waals surface area contributed by atoms with Gasteiger partial charge in [0.1, 0.15) is 0 Å². The fraction of sp³-hybridized carbons (Fsp3) is 0.800. The monoisotopic (exact) mass is 249 g/mol. The summed E-state index contributed by atoms with van der Waals surface area (Å²) in [5, 5.41) is 8.23. The van der Waals surface area contributed by atoms with Gasteiger partial charge in [-0.05, 0) is 38.1 Å². The second-order valence-corrected chi connectivity index (χ2v) is 5.81. The average molecular weight is 249 g/mol. The first kappa shape index (κ1) is 13.6. The van der Waals surface area contributed by atoms with Gasteiger partial charge in [0.2, 0.25) is 0 Å². The van der Waals surface area contributed by atoms with Gasteiger partial charge in [-0.1, -0.05) is 27.2 Å². The normalized spacial score (nSPS) is 19.9. The van der Waals surface area contributed by atoms with E-state index in [9.17, 15) is 0 Å². The smallest absolute Gasteiger partial charge is 0.0540 e. The van der Waals surface area contributed by atoms with Crippen LogP contribution in [0.1, 0.15) is 63.8 Å². The number of nitrogens with zero attached hydrogens (tertiary/aromatic N) is 2. The Bertz CT molecular complexity index is 368. The second-order valence-electron chi connectivity index (χ2n) is 5.81. The molecule has 18 heavy (non-hydrogen) atoms. The maximum atomic E-state index is 4.62. The number of hydrogen-bond acceptors (Lipinski definition) is 2. The van der Waals surface area contributed by atoms with Gasteiger partial charge in [-0.2, -0.15) is 5.10 Å². The predicted molar refractivity (Wildman–Crippen MR) is 75.7 cm³/mol. The average Bonchev–Trinajstić information content (AvgIpc) is 2.63. The lowest BCUT2D eigenvalue weighted by Crippen LogP contribution is -2.20. The van der Waals surface area contributed by atoms with Crippen LogP contribution in [0.5, 0.6) is 0 Å². The molecule has 0 saturated heterocycles. The van der Waals surface area contributed by atoms with Crippen LogP contribution in [0.25, 0.3) is 0 Å². The molecule has 1 aliphatic carbocycles. The molecule has 3 nitrogen and oxygen atoms in total. The van der Waals surface area contributed by atoms with Crippen LogP contribution in [0.4, 0.5) is 0 Å². The molecule has 0 spiro atoms. The zero-order chi connectivity index (χ0) is 13.0. The van der Waals surface area contributed by atoms with E-state index in [1.54, 1.807) is 0 Å². The molecule has 1 N–H and O–H groups in total. The van der Waals surface area contributed by atoms with Crippen molar-refractivity contribution in [2.24, 2.45) is 5.92 Å². The highest BCUT2D eigenvalue weighted by atomic mass is 15.3. The van der Waals surface area contributed by atoms with Gasteiger partial charge in [0.05, 0.1) is 6.20 Å². The summed E-state index contributed by atoms with van der Waals surface area (Å²) in [6.07, 6.45) is 8.43. The van der Waals surface area contributed by atoms with Crippen molar-refractivity contribution in [2.45, 2.75) is 65.5 Å². The van der Waals surface area contributed by atoms with Crippen LogP contribution < -0.4 is 5.32 Å². The van der Waals surface area contributed by atoms with Crippen LogP contribution in [-0.2, 0) is 13.0 Å². The third-order valence-electron chi connectivity index (χ3n) is 3.88. The van der Waals surface area contributed by atoms with Crippen LogP contribution in [0.2, 0.25) is 0 Å². The van der Waals surface area contributed by atoms with Gasteiger partial charge in [0.15, 0.2) is 0 Å². The molecule has 1 aromatic heterocycles. The number of aromatic nitrogens is 2. The molecule has 3 heteroatoms. The molecule has 1 heterocycles. The molecule has 1 unspecified atom stereocenters. The van der Waals surface area contributed by atoms with Gasteiger partial charge in [0, 0.05) is 23.8 Å². The summed E-state index contributed by atoms with van der Waals surface area (Å²) in [6, 6.07) is 0.528. The Balaban J connectivity index is 2.15. The van der Waals surface area contributed by atoms with Crippen molar-refractivity contribution in [2.75, 3.05) is 6.54 Å². The molecular weight excluding hydrogens is 222 g/mol. The summed E-state index contributed by atoms with van der Waals surface area (Å²) in [5.74, 6) is 0.750. The molecule has 102 valence electrons. The summed E-state index contributed by atoms with van der Waals surface area (Å²) >= 11 is 0. The van der Waals surface area contributed by atoms with Gasteiger partial charge in [-0.15, -0.1) is 0 Å². The molecule has 1 aromatic rings. The first-order valence-corrected chi connectivity index (χ1v) is 7.50. The predicted octanol–water partition coefficient (Wildman–Crippen LogP) is 3.31. The van der Waals surface area contributed by atoms with E-state index in [1.807, 2.05) is 0 Å². The fourth-order valence-electron chi connectivity index (χ4n) is 2.82. The van der Waals surface area contributed by atoms with Gasteiger partial charge in [-0.25, -0.2) is 0 Å². The maximum absolute atomic E-state index is 4.62. The third-order valence-corrected chi connectivity index (χ3v) is 3.88. The molecule has 1 aliphatic rings. The maximum Gasteiger partial charge on any atom is 0.0540 e. The highest BCUT2D eigenvalue weighted by Gasteiger charge is 2.21.